The van der Waals surface area contributed by atoms with Crippen molar-refractivity contribution in [3.05, 3.63) is 0 Å². The van der Waals surface area contributed by atoms with Gasteiger partial charge in [-0.05, 0) is 6.42 Å². The largest absolute Gasteiger partial charge is 0.449 e. The van der Waals surface area contributed by atoms with Crippen LogP contribution >= 0.6 is 12.4 Å². The monoisotopic (exact) mass is 209 g/mol. The van der Waals surface area contributed by atoms with Crippen LogP contribution in [0.5, 0.6) is 0 Å². The second-order valence-electron chi connectivity index (χ2n) is 2.46. The Morgan fingerprint density at radius 2 is 2.38 bits per heavy atom. The molecule has 0 aromatic carbocycles. The number of carbonyl (C=O) groups is 2. The Hall–Kier alpha value is -1.01. The number of halogens is 1. The average Bonchev–Trinajstić information content (AvgIpc) is 2.09. The lowest BCUT2D eigenvalue weighted by Crippen LogP contribution is -2.45. The van der Waals surface area contributed by atoms with Gasteiger partial charge in [-0.25, -0.2) is 10.6 Å². The number of hydrogen-bond donors (Lipinski definition) is 2. The number of cyclic esters (lactones) is 1. The van der Waals surface area contributed by atoms with Crippen LogP contribution in [0.15, 0.2) is 0 Å². The molecule has 1 aliphatic rings. The molecule has 1 fully saturated rings. The molecule has 0 aromatic rings. The quantitative estimate of drug-likeness (QED) is 0.356. The highest BCUT2D eigenvalue weighted by molar-refractivity contribution is 5.85. The van der Waals surface area contributed by atoms with Crippen molar-refractivity contribution in [1.29, 1.82) is 0 Å². The molecule has 13 heavy (non-hydrogen) atoms. The van der Waals surface area contributed by atoms with Crippen LogP contribution in [0.4, 0.5) is 4.79 Å². The van der Waals surface area contributed by atoms with Gasteiger partial charge in [0, 0.05) is 6.54 Å². The van der Waals surface area contributed by atoms with Crippen molar-refractivity contribution in [2.75, 3.05) is 19.7 Å². The molecule has 7 heteroatoms. The van der Waals surface area contributed by atoms with Crippen molar-refractivity contribution in [2.45, 2.75) is 6.42 Å². The number of rotatable bonds is 2. The minimum Gasteiger partial charge on any atom is -0.449 e. The molecule has 0 atom stereocenters. The Labute approximate surface area is 81.8 Å². The fourth-order valence-corrected chi connectivity index (χ4v) is 0.960. The van der Waals surface area contributed by atoms with Crippen LogP contribution in [0.1, 0.15) is 6.42 Å². The molecular weight excluding hydrogens is 198 g/mol. The molecule has 0 aliphatic carbocycles. The van der Waals surface area contributed by atoms with Crippen molar-refractivity contribution in [3.8, 4) is 0 Å². The lowest BCUT2D eigenvalue weighted by Gasteiger charge is -2.25. The smallest absolute Gasteiger partial charge is 0.410 e. The van der Waals surface area contributed by atoms with Gasteiger partial charge in [-0.15, -0.1) is 12.4 Å². The van der Waals surface area contributed by atoms with Crippen molar-refractivity contribution < 1.29 is 14.3 Å². The number of nitrogens with zero attached hydrogens (tertiary/aromatic N) is 1. The highest BCUT2D eigenvalue weighted by atomic mass is 35.5. The number of nitrogens with one attached hydrogen (secondary N) is 1. The molecule has 0 radical (unpaired) electrons. The first-order chi connectivity index (χ1) is 5.74. The average molecular weight is 210 g/mol. The van der Waals surface area contributed by atoms with Gasteiger partial charge in [0.05, 0.1) is 6.61 Å². The summed E-state index contributed by atoms with van der Waals surface area (Å²) in [7, 11) is 0. The minimum absolute atomic E-state index is 0. The normalized spacial score (nSPS) is 15.8. The Morgan fingerprint density at radius 1 is 1.69 bits per heavy atom. The Balaban J connectivity index is 0.00000144. The van der Waals surface area contributed by atoms with E-state index in [1.165, 1.54) is 4.90 Å². The number of hydrazine groups is 1. The third-order valence-corrected chi connectivity index (χ3v) is 1.55. The van der Waals surface area contributed by atoms with E-state index in [0.29, 0.717) is 13.2 Å². The molecule has 0 saturated carbocycles. The van der Waals surface area contributed by atoms with Crippen LogP contribution in [0.25, 0.3) is 0 Å². The van der Waals surface area contributed by atoms with E-state index in [0.717, 1.165) is 6.42 Å². The standard InChI is InChI=1S/C6H11N3O3.ClH/c7-8-5(10)4-9-2-1-3-12-6(9)11;/h1-4,7H2,(H,8,10);1H. The summed E-state index contributed by atoms with van der Waals surface area (Å²) in [5.74, 6) is 4.46. The van der Waals surface area contributed by atoms with Gasteiger partial charge in [-0.2, -0.15) is 0 Å². The van der Waals surface area contributed by atoms with Crippen molar-refractivity contribution in [2.24, 2.45) is 5.84 Å². The zero-order chi connectivity index (χ0) is 8.97. The first-order valence-electron chi connectivity index (χ1n) is 3.65. The number of nitrogens with two attached hydrogens (primary N) is 1. The third-order valence-electron chi connectivity index (χ3n) is 1.55. The molecule has 76 valence electrons. The second-order valence-corrected chi connectivity index (χ2v) is 2.46. The lowest BCUT2D eigenvalue weighted by molar-refractivity contribution is -0.122. The molecule has 0 bridgehead atoms. The maximum absolute atomic E-state index is 10.9. The topological polar surface area (TPSA) is 84.7 Å². The lowest BCUT2D eigenvalue weighted by atomic mass is 10.3. The van der Waals surface area contributed by atoms with E-state index in [1.54, 1.807) is 0 Å². The number of amides is 2. The van der Waals surface area contributed by atoms with Gasteiger partial charge >= 0.3 is 6.09 Å². The predicted octanol–water partition coefficient (Wildman–Crippen LogP) is -0.760. The summed E-state index contributed by atoms with van der Waals surface area (Å²) in [4.78, 5) is 23.0. The van der Waals surface area contributed by atoms with E-state index in [4.69, 9.17) is 10.6 Å². The van der Waals surface area contributed by atoms with Crippen LogP contribution < -0.4 is 11.3 Å². The van der Waals surface area contributed by atoms with Gasteiger partial charge in [-0.1, -0.05) is 0 Å². The van der Waals surface area contributed by atoms with E-state index >= 15 is 0 Å². The van der Waals surface area contributed by atoms with Crippen LogP contribution in [-0.4, -0.2) is 36.6 Å². The van der Waals surface area contributed by atoms with Crippen molar-refractivity contribution >= 4 is 24.4 Å². The van der Waals surface area contributed by atoms with Gasteiger partial charge in [-0.3, -0.25) is 15.1 Å². The second kappa shape index (κ2) is 5.60. The fraction of sp³-hybridized carbons (Fsp3) is 0.667. The molecule has 3 N–H and O–H groups in total. The summed E-state index contributed by atoms with van der Waals surface area (Å²) in [6.45, 7) is 0.946. The number of hydrogen-bond acceptors (Lipinski definition) is 4. The summed E-state index contributed by atoms with van der Waals surface area (Å²) in [6, 6.07) is 0. The fourth-order valence-electron chi connectivity index (χ4n) is 0.960. The molecule has 6 nitrogen and oxygen atoms in total. The summed E-state index contributed by atoms with van der Waals surface area (Å²) < 4.78 is 4.70. The maximum Gasteiger partial charge on any atom is 0.410 e. The van der Waals surface area contributed by atoms with Crippen LogP contribution in [0, 0.1) is 0 Å². The Morgan fingerprint density at radius 3 is 2.92 bits per heavy atom. The zero-order valence-corrected chi connectivity index (χ0v) is 7.80. The molecule has 0 aromatic heterocycles. The third kappa shape index (κ3) is 3.47. The maximum atomic E-state index is 10.9. The molecular formula is C6H12ClN3O3. The molecule has 1 saturated heterocycles. The highest BCUT2D eigenvalue weighted by Gasteiger charge is 2.21. The zero-order valence-electron chi connectivity index (χ0n) is 6.99. The van der Waals surface area contributed by atoms with E-state index < -0.39 is 12.0 Å². The molecule has 0 spiro atoms. The Kier molecular flexibility index (Phi) is 5.17. The van der Waals surface area contributed by atoms with Crippen molar-refractivity contribution in [3.63, 3.8) is 0 Å². The molecule has 1 rings (SSSR count). The van der Waals surface area contributed by atoms with E-state index in [9.17, 15) is 9.59 Å². The van der Waals surface area contributed by atoms with Crippen LogP contribution in [0.2, 0.25) is 0 Å². The van der Waals surface area contributed by atoms with Gasteiger partial charge in [0.15, 0.2) is 0 Å². The van der Waals surface area contributed by atoms with Crippen molar-refractivity contribution in [1.82, 2.24) is 10.3 Å². The summed E-state index contributed by atoms with van der Waals surface area (Å²) in [6.07, 6.45) is 0.300. The van der Waals surface area contributed by atoms with Gasteiger partial charge in [0.25, 0.3) is 5.91 Å². The first kappa shape index (κ1) is 12.0. The van der Waals surface area contributed by atoms with E-state index in [1.807, 2.05) is 5.43 Å². The molecule has 1 aliphatic heterocycles. The van der Waals surface area contributed by atoms with Gasteiger partial charge in [0.2, 0.25) is 0 Å². The summed E-state index contributed by atoms with van der Waals surface area (Å²) in [5.41, 5.74) is 1.94. The molecule has 1 heterocycles. The predicted molar refractivity (Wildman–Crippen MR) is 47.1 cm³/mol. The van der Waals surface area contributed by atoms with E-state index in [-0.39, 0.29) is 19.0 Å². The number of ether oxygens (including phenoxy) is 1. The van der Waals surface area contributed by atoms with Gasteiger partial charge in [0.1, 0.15) is 6.54 Å². The minimum atomic E-state index is -0.454. The molecule has 2 amide bonds. The highest BCUT2D eigenvalue weighted by Crippen LogP contribution is 2.02. The van der Waals surface area contributed by atoms with Crippen LogP contribution in [-0.2, 0) is 9.53 Å². The van der Waals surface area contributed by atoms with E-state index in [2.05, 4.69) is 0 Å². The summed E-state index contributed by atoms with van der Waals surface area (Å²) >= 11 is 0. The Bertz CT molecular complexity index is 200. The summed E-state index contributed by atoms with van der Waals surface area (Å²) in [5, 5.41) is 0. The number of carbonyl (C=O) groups excluding carboxylic acids is 2. The molecule has 0 unspecified atom stereocenters. The SMILES string of the molecule is Cl.NNC(=O)CN1CCCOC1=O. The van der Waals surface area contributed by atoms with Gasteiger partial charge < -0.3 is 4.74 Å². The first-order valence-corrected chi connectivity index (χ1v) is 3.65. The van der Waals surface area contributed by atoms with Crippen LogP contribution in [0.3, 0.4) is 0 Å².